The number of amides is 1. The molecule has 1 amide bonds. The van der Waals surface area contributed by atoms with Crippen LogP contribution in [0.4, 0.5) is 0 Å². The number of aromatic nitrogens is 3. The Morgan fingerprint density at radius 1 is 1.42 bits per heavy atom. The van der Waals surface area contributed by atoms with Crippen molar-refractivity contribution in [2.75, 3.05) is 5.75 Å². The molecule has 8 heteroatoms. The van der Waals surface area contributed by atoms with Gasteiger partial charge in [0, 0.05) is 6.54 Å². The summed E-state index contributed by atoms with van der Waals surface area (Å²) >= 11 is 2.96. The molecular weight excluding hydrogens is 344 g/mol. The Labute approximate surface area is 147 Å². The average Bonchev–Trinajstić information content (AvgIpc) is 3.32. The van der Waals surface area contributed by atoms with Crippen LogP contribution in [-0.4, -0.2) is 26.4 Å². The third kappa shape index (κ3) is 3.95. The molecule has 0 aliphatic heterocycles. The molecule has 0 fully saturated rings. The molecule has 0 saturated heterocycles. The third-order valence-electron chi connectivity index (χ3n) is 3.14. The van der Waals surface area contributed by atoms with E-state index in [2.05, 4.69) is 22.1 Å². The monoisotopic (exact) mass is 360 g/mol. The van der Waals surface area contributed by atoms with Crippen molar-refractivity contribution in [3.8, 4) is 10.7 Å². The number of nitrogens with zero attached hydrogens (tertiary/aromatic N) is 3. The number of rotatable bonds is 8. The minimum Gasteiger partial charge on any atom is -0.467 e. The van der Waals surface area contributed by atoms with Gasteiger partial charge >= 0.3 is 0 Å². The Kier molecular flexibility index (Phi) is 5.50. The molecule has 0 aromatic carbocycles. The van der Waals surface area contributed by atoms with Crippen LogP contribution in [0, 0.1) is 0 Å². The van der Waals surface area contributed by atoms with Gasteiger partial charge < -0.3 is 9.73 Å². The molecule has 0 atom stereocenters. The van der Waals surface area contributed by atoms with Crippen LogP contribution in [0.3, 0.4) is 0 Å². The summed E-state index contributed by atoms with van der Waals surface area (Å²) in [6.07, 6.45) is 3.38. The largest absolute Gasteiger partial charge is 0.467 e. The Balaban J connectivity index is 1.62. The van der Waals surface area contributed by atoms with Crippen LogP contribution >= 0.6 is 23.1 Å². The maximum absolute atomic E-state index is 12.0. The lowest BCUT2D eigenvalue weighted by atomic mass is 10.4. The van der Waals surface area contributed by atoms with Crippen molar-refractivity contribution in [3.05, 3.63) is 54.3 Å². The number of thioether (sulfide) groups is 1. The van der Waals surface area contributed by atoms with Crippen molar-refractivity contribution < 1.29 is 9.21 Å². The van der Waals surface area contributed by atoms with Crippen LogP contribution in [0.25, 0.3) is 10.7 Å². The van der Waals surface area contributed by atoms with Crippen LogP contribution in [0.1, 0.15) is 5.76 Å². The smallest absolute Gasteiger partial charge is 0.230 e. The van der Waals surface area contributed by atoms with Crippen LogP contribution < -0.4 is 5.32 Å². The maximum Gasteiger partial charge on any atom is 0.230 e. The van der Waals surface area contributed by atoms with Crippen molar-refractivity contribution in [2.24, 2.45) is 0 Å². The minimum atomic E-state index is -0.0813. The standard InChI is InChI=1S/C16H16N4O2S2/c1-2-7-20-15(13-6-4-9-23-13)18-19-16(20)24-11-14(21)17-10-12-5-3-8-22-12/h2-6,8-9H,1,7,10-11H2,(H,17,21). The SMILES string of the molecule is C=CCn1c(SCC(=O)NCc2ccco2)nnc1-c1cccs1. The number of thiophene rings is 1. The first-order chi connectivity index (χ1) is 11.8. The molecular formula is C16H16N4O2S2. The van der Waals surface area contributed by atoms with Crippen LogP contribution in [-0.2, 0) is 17.9 Å². The first kappa shape index (κ1) is 16.5. The lowest BCUT2D eigenvalue weighted by Gasteiger charge is -2.06. The van der Waals surface area contributed by atoms with E-state index in [0.717, 1.165) is 16.5 Å². The summed E-state index contributed by atoms with van der Waals surface area (Å²) in [4.78, 5) is 13.0. The molecule has 0 aliphatic carbocycles. The fraction of sp³-hybridized carbons (Fsp3) is 0.188. The summed E-state index contributed by atoms with van der Waals surface area (Å²) in [7, 11) is 0. The van der Waals surface area contributed by atoms with Gasteiger partial charge in [-0.1, -0.05) is 23.9 Å². The molecule has 0 unspecified atom stereocenters. The van der Waals surface area contributed by atoms with Gasteiger partial charge in [-0.05, 0) is 23.6 Å². The molecule has 3 aromatic heterocycles. The summed E-state index contributed by atoms with van der Waals surface area (Å²) in [5.41, 5.74) is 0. The molecule has 6 nitrogen and oxygen atoms in total. The highest BCUT2D eigenvalue weighted by Crippen LogP contribution is 2.27. The van der Waals surface area contributed by atoms with Crippen LogP contribution in [0.2, 0.25) is 0 Å². The van der Waals surface area contributed by atoms with Crippen molar-refractivity contribution in [3.63, 3.8) is 0 Å². The van der Waals surface area contributed by atoms with Gasteiger partial charge in [0.15, 0.2) is 11.0 Å². The predicted octanol–water partition coefficient (Wildman–Crippen LogP) is 3.19. The summed E-state index contributed by atoms with van der Waals surface area (Å²) in [5, 5.41) is 14.0. The summed E-state index contributed by atoms with van der Waals surface area (Å²) in [6, 6.07) is 7.59. The van der Waals surface area contributed by atoms with Gasteiger partial charge in [-0.2, -0.15) is 0 Å². The van der Waals surface area contributed by atoms with E-state index in [9.17, 15) is 4.79 Å². The van der Waals surface area contributed by atoms with Crippen molar-refractivity contribution >= 4 is 29.0 Å². The first-order valence-electron chi connectivity index (χ1n) is 7.28. The molecule has 124 valence electrons. The van der Waals surface area contributed by atoms with E-state index in [1.807, 2.05) is 28.1 Å². The average molecular weight is 360 g/mol. The molecule has 0 saturated carbocycles. The molecule has 3 heterocycles. The second kappa shape index (κ2) is 7.98. The number of hydrogen-bond donors (Lipinski definition) is 1. The minimum absolute atomic E-state index is 0.0813. The maximum atomic E-state index is 12.0. The molecule has 0 radical (unpaired) electrons. The molecule has 0 spiro atoms. The second-order valence-electron chi connectivity index (χ2n) is 4.83. The molecule has 0 aliphatic rings. The summed E-state index contributed by atoms with van der Waals surface area (Å²) in [5.74, 6) is 1.70. The summed E-state index contributed by atoms with van der Waals surface area (Å²) in [6.45, 7) is 4.76. The van der Waals surface area contributed by atoms with E-state index in [1.165, 1.54) is 11.8 Å². The zero-order chi connectivity index (χ0) is 16.8. The van der Waals surface area contributed by atoms with Crippen molar-refractivity contribution in [1.82, 2.24) is 20.1 Å². The van der Waals surface area contributed by atoms with Gasteiger partial charge in [-0.3, -0.25) is 9.36 Å². The lowest BCUT2D eigenvalue weighted by molar-refractivity contribution is -0.118. The molecule has 3 aromatic rings. The van der Waals surface area contributed by atoms with E-state index in [4.69, 9.17) is 4.42 Å². The molecule has 0 bridgehead atoms. The first-order valence-corrected chi connectivity index (χ1v) is 9.14. The van der Waals surface area contributed by atoms with E-state index < -0.39 is 0 Å². The van der Waals surface area contributed by atoms with Gasteiger partial charge in [-0.25, -0.2) is 0 Å². The highest BCUT2D eigenvalue weighted by molar-refractivity contribution is 7.99. The van der Waals surface area contributed by atoms with E-state index in [-0.39, 0.29) is 11.7 Å². The molecule has 3 rings (SSSR count). The predicted molar refractivity (Wildman–Crippen MR) is 94.8 cm³/mol. The van der Waals surface area contributed by atoms with Gasteiger partial charge in [0.2, 0.25) is 5.91 Å². The zero-order valence-corrected chi connectivity index (χ0v) is 14.5. The van der Waals surface area contributed by atoms with Crippen molar-refractivity contribution in [2.45, 2.75) is 18.2 Å². The Hall–Kier alpha value is -2.32. The van der Waals surface area contributed by atoms with E-state index in [1.54, 1.807) is 29.7 Å². The van der Waals surface area contributed by atoms with Crippen molar-refractivity contribution in [1.29, 1.82) is 0 Å². The fourth-order valence-electron chi connectivity index (χ4n) is 2.06. The quantitative estimate of drug-likeness (QED) is 0.493. The highest BCUT2D eigenvalue weighted by Gasteiger charge is 2.15. The fourth-order valence-corrected chi connectivity index (χ4v) is 3.55. The topological polar surface area (TPSA) is 73.0 Å². The molecule has 1 N–H and O–H groups in total. The Morgan fingerprint density at radius 2 is 2.33 bits per heavy atom. The van der Waals surface area contributed by atoms with Crippen LogP contribution in [0.15, 0.2) is 58.1 Å². The number of carbonyl (C=O) groups excluding carboxylic acids is 1. The molecule has 24 heavy (non-hydrogen) atoms. The Morgan fingerprint density at radius 3 is 3.04 bits per heavy atom. The number of hydrogen-bond acceptors (Lipinski definition) is 6. The number of carbonyl (C=O) groups is 1. The number of nitrogens with one attached hydrogen (secondary N) is 1. The van der Waals surface area contributed by atoms with E-state index >= 15 is 0 Å². The summed E-state index contributed by atoms with van der Waals surface area (Å²) < 4.78 is 7.15. The highest BCUT2D eigenvalue weighted by atomic mass is 32.2. The Bertz CT molecular complexity index is 794. The normalized spacial score (nSPS) is 10.7. The zero-order valence-electron chi connectivity index (χ0n) is 12.8. The van der Waals surface area contributed by atoms with Gasteiger partial charge in [0.25, 0.3) is 0 Å². The van der Waals surface area contributed by atoms with E-state index in [0.29, 0.717) is 18.2 Å². The third-order valence-corrected chi connectivity index (χ3v) is 4.97. The van der Waals surface area contributed by atoms with Crippen LogP contribution in [0.5, 0.6) is 0 Å². The van der Waals surface area contributed by atoms with Gasteiger partial charge in [0.05, 0.1) is 23.4 Å². The number of allylic oxidation sites excluding steroid dienone is 1. The second-order valence-corrected chi connectivity index (χ2v) is 6.72. The number of furan rings is 1. The van der Waals surface area contributed by atoms with Gasteiger partial charge in [0.1, 0.15) is 5.76 Å². The van der Waals surface area contributed by atoms with Gasteiger partial charge in [-0.15, -0.1) is 28.1 Å². The lowest BCUT2D eigenvalue weighted by Crippen LogP contribution is -2.24.